The van der Waals surface area contributed by atoms with Crippen molar-refractivity contribution in [3.8, 4) is 5.64 Å². The van der Waals surface area contributed by atoms with Crippen molar-refractivity contribution in [3.05, 3.63) is 24.2 Å². The number of unbranched alkanes of at least 4 members (excludes halogenated alkanes) is 1. The Bertz CT molecular complexity index is 186. The van der Waals surface area contributed by atoms with Crippen molar-refractivity contribution in [2.45, 2.75) is 19.8 Å². The van der Waals surface area contributed by atoms with Crippen LogP contribution in [0.4, 0.5) is 0 Å². The van der Waals surface area contributed by atoms with E-state index in [1.807, 2.05) is 31.1 Å². The van der Waals surface area contributed by atoms with Crippen LogP contribution < -0.4 is 4.74 Å². The molecule has 0 saturated heterocycles. The molecule has 0 aromatic carbocycles. The summed E-state index contributed by atoms with van der Waals surface area (Å²) in [6, 6.07) is 5.96. The average Bonchev–Trinajstić information content (AvgIpc) is 2.07. The van der Waals surface area contributed by atoms with Crippen molar-refractivity contribution in [3.63, 3.8) is 0 Å². The maximum absolute atomic E-state index is 5.45. The van der Waals surface area contributed by atoms with Crippen LogP contribution in [-0.4, -0.2) is 13.5 Å². The number of hydrogen-bond donors (Lipinski definition) is 0. The van der Waals surface area contributed by atoms with Crippen LogP contribution in [0.2, 0.25) is 0 Å². The summed E-state index contributed by atoms with van der Waals surface area (Å²) >= 11 is 0. The Morgan fingerprint density at radius 2 is 2.36 bits per heavy atom. The number of ether oxygens (including phenoxy) is 1. The van der Waals surface area contributed by atoms with E-state index in [2.05, 4.69) is 6.92 Å². The zero-order valence-corrected chi connectivity index (χ0v) is 6.92. The molecule has 1 rings (SSSR count). The second kappa shape index (κ2) is 4.94. The SMILES string of the molecule is CCCCOc1bcccc1. The fourth-order valence-corrected chi connectivity index (χ4v) is 0.851. The van der Waals surface area contributed by atoms with Crippen LogP contribution in [0.25, 0.3) is 0 Å². The first kappa shape index (κ1) is 8.31. The van der Waals surface area contributed by atoms with Gasteiger partial charge in [0.05, 0.1) is 0 Å². The fraction of sp³-hybridized carbons (Fsp3) is 0.444. The van der Waals surface area contributed by atoms with E-state index in [-0.39, 0.29) is 0 Å². The molecule has 1 aromatic heterocycles. The molecule has 0 aliphatic carbocycles. The molecule has 0 saturated carbocycles. The molecule has 1 heterocycles. The molecule has 1 aromatic rings. The first-order chi connectivity index (χ1) is 5.43. The third-order valence-electron chi connectivity index (χ3n) is 1.51. The van der Waals surface area contributed by atoms with Gasteiger partial charge in [-0.05, 0) is 0 Å². The molecule has 0 fully saturated rings. The number of hydrogen-bond acceptors (Lipinski definition) is 1. The molecule has 0 aliphatic rings. The molecule has 0 unspecified atom stereocenters. The van der Waals surface area contributed by atoms with Gasteiger partial charge in [0, 0.05) is 0 Å². The molecular formula is C9H13BO. The average molecular weight is 148 g/mol. The standard InChI is InChI=1S/C9H13BO/c1-2-3-8-11-9-6-4-5-7-10-9/h4-7H,2-3,8H2,1H3. The summed E-state index contributed by atoms with van der Waals surface area (Å²) in [5, 5.41) is 0. The van der Waals surface area contributed by atoms with E-state index in [0.29, 0.717) is 0 Å². The van der Waals surface area contributed by atoms with Crippen molar-refractivity contribution in [1.82, 2.24) is 0 Å². The predicted molar refractivity (Wildman–Crippen MR) is 48.2 cm³/mol. The summed E-state index contributed by atoms with van der Waals surface area (Å²) in [6.07, 6.45) is 2.32. The van der Waals surface area contributed by atoms with Gasteiger partial charge in [0.1, 0.15) is 0 Å². The molecule has 58 valence electrons. The van der Waals surface area contributed by atoms with Gasteiger partial charge in [-0.1, -0.05) is 0 Å². The third kappa shape index (κ3) is 3.21. The van der Waals surface area contributed by atoms with E-state index in [1.165, 1.54) is 6.42 Å². The zero-order valence-electron chi connectivity index (χ0n) is 6.92. The van der Waals surface area contributed by atoms with E-state index in [4.69, 9.17) is 4.74 Å². The van der Waals surface area contributed by atoms with Crippen molar-refractivity contribution in [2.75, 3.05) is 6.61 Å². The van der Waals surface area contributed by atoms with Crippen LogP contribution in [-0.2, 0) is 0 Å². The quantitative estimate of drug-likeness (QED) is 0.594. The van der Waals surface area contributed by atoms with E-state index in [1.54, 1.807) is 0 Å². The molecule has 1 nitrogen and oxygen atoms in total. The van der Waals surface area contributed by atoms with E-state index >= 15 is 0 Å². The van der Waals surface area contributed by atoms with Crippen molar-refractivity contribution < 1.29 is 4.74 Å². The second-order valence-corrected chi connectivity index (χ2v) is 2.52. The van der Waals surface area contributed by atoms with E-state index in [0.717, 1.165) is 18.7 Å². The normalized spacial score (nSPS) is 9.18. The molecule has 0 aliphatic heterocycles. The Hall–Kier alpha value is -0.785. The minimum absolute atomic E-state index is 0.834. The fourth-order valence-electron chi connectivity index (χ4n) is 0.851. The summed E-state index contributed by atoms with van der Waals surface area (Å²) in [4.78, 5) is 0. The zero-order chi connectivity index (χ0) is 7.94. The molecule has 0 spiro atoms. The summed E-state index contributed by atoms with van der Waals surface area (Å²) < 4.78 is 5.45. The van der Waals surface area contributed by atoms with Crippen LogP contribution in [0, 0.1) is 0 Å². The van der Waals surface area contributed by atoms with Gasteiger partial charge >= 0.3 is 67.8 Å². The Balaban J connectivity index is 2.28. The topological polar surface area (TPSA) is 9.23 Å². The van der Waals surface area contributed by atoms with Crippen LogP contribution in [0.1, 0.15) is 19.8 Å². The molecule has 0 atom stereocenters. The van der Waals surface area contributed by atoms with Crippen molar-refractivity contribution in [1.29, 1.82) is 0 Å². The van der Waals surface area contributed by atoms with Crippen LogP contribution in [0.5, 0.6) is 5.64 Å². The Morgan fingerprint density at radius 3 is 3.00 bits per heavy atom. The first-order valence-corrected chi connectivity index (χ1v) is 4.11. The van der Waals surface area contributed by atoms with Gasteiger partial charge < -0.3 is 0 Å². The second-order valence-electron chi connectivity index (χ2n) is 2.52. The molecule has 0 amide bonds. The summed E-state index contributed by atoms with van der Waals surface area (Å²) in [7, 11) is 0. The van der Waals surface area contributed by atoms with E-state index < -0.39 is 0 Å². The molecule has 0 N–H and O–H groups in total. The van der Waals surface area contributed by atoms with E-state index in [9.17, 15) is 0 Å². The predicted octanol–water partition coefficient (Wildman–Crippen LogP) is 2.20. The van der Waals surface area contributed by atoms with Gasteiger partial charge in [-0.2, -0.15) is 0 Å². The maximum atomic E-state index is 5.45. The third-order valence-corrected chi connectivity index (χ3v) is 1.51. The Kier molecular flexibility index (Phi) is 3.74. The Labute approximate surface area is 68.6 Å². The molecular weight excluding hydrogens is 135 g/mol. The van der Waals surface area contributed by atoms with Gasteiger partial charge in [0.2, 0.25) is 0 Å². The summed E-state index contributed by atoms with van der Waals surface area (Å²) in [5.74, 6) is 1.99. The minimum atomic E-state index is 0.834. The van der Waals surface area contributed by atoms with Gasteiger partial charge in [0.25, 0.3) is 0 Å². The van der Waals surface area contributed by atoms with Crippen LogP contribution in [0.15, 0.2) is 24.2 Å². The molecule has 2 heteroatoms. The monoisotopic (exact) mass is 148 g/mol. The number of rotatable bonds is 4. The van der Waals surface area contributed by atoms with Gasteiger partial charge in [-0.15, -0.1) is 0 Å². The van der Waals surface area contributed by atoms with Crippen molar-refractivity contribution in [2.24, 2.45) is 0 Å². The van der Waals surface area contributed by atoms with Gasteiger partial charge in [-0.25, -0.2) is 0 Å². The van der Waals surface area contributed by atoms with Crippen molar-refractivity contribution >= 4 is 6.91 Å². The molecule has 0 radical (unpaired) electrons. The summed E-state index contributed by atoms with van der Waals surface area (Å²) in [5.41, 5.74) is 0.973. The molecule has 0 bridgehead atoms. The van der Waals surface area contributed by atoms with Crippen LogP contribution >= 0.6 is 0 Å². The van der Waals surface area contributed by atoms with Crippen LogP contribution in [0.3, 0.4) is 0 Å². The molecule has 11 heavy (non-hydrogen) atoms. The van der Waals surface area contributed by atoms with Gasteiger partial charge in [-0.3, -0.25) is 0 Å². The Morgan fingerprint density at radius 1 is 1.45 bits per heavy atom. The summed E-state index contributed by atoms with van der Waals surface area (Å²) in [6.45, 7) is 4.98. The van der Waals surface area contributed by atoms with Gasteiger partial charge in [0.15, 0.2) is 0 Å². The first-order valence-electron chi connectivity index (χ1n) is 4.11.